The van der Waals surface area contributed by atoms with E-state index in [1.165, 1.54) is 0 Å². The van der Waals surface area contributed by atoms with Crippen molar-refractivity contribution in [3.8, 4) is 5.75 Å². The zero-order chi connectivity index (χ0) is 20.7. The molecule has 0 heterocycles. The minimum Gasteiger partial charge on any atom is -0.494 e. The van der Waals surface area contributed by atoms with Crippen molar-refractivity contribution in [1.29, 1.82) is 0 Å². The second kappa shape index (κ2) is 9.40. The molecule has 3 nitrogen and oxygen atoms in total. The van der Waals surface area contributed by atoms with Crippen molar-refractivity contribution in [3.05, 3.63) is 64.7 Å². The van der Waals surface area contributed by atoms with Crippen LogP contribution in [0, 0.1) is 0 Å². The first-order valence-corrected chi connectivity index (χ1v) is 7.68. The van der Waals surface area contributed by atoms with Crippen LogP contribution in [0.15, 0.2) is 42.5 Å². The van der Waals surface area contributed by atoms with Gasteiger partial charge in [0, 0.05) is 17.7 Å². The molecule has 0 aliphatic rings. The van der Waals surface area contributed by atoms with Gasteiger partial charge in [-0.2, -0.15) is 26.3 Å². The molecule has 2 aromatic carbocycles. The molecule has 0 spiro atoms. The summed E-state index contributed by atoms with van der Waals surface area (Å²) in [5.41, 5.74) is 2.91. The van der Waals surface area contributed by atoms with Crippen LogP contribution in [0.4, 0.5) is 26.3 Å². The molecule has 0 amide bonds. The fraction of sp³-hybridized carbons (Fsp3) is 0.278. The van der Waals surface area contributed by atoms with E-state index in [0.717, 1.165) is 11.3 Å². The summed E-state index contributed by atoms with van der Waals surface area (Å²) in [4.78, 5) is 10.2. The van der Waals surface area contributed by atoms with Crippen LogP contribution in [-0.2, 0) is 18.9 Å². The van der Waals surface area contributed by atoms with E-state index in [1.54, 1.807) is 0 Å². The second-order valence-electron chi connectivity index (χ2n) is 5.20. The number of alkyl halides is 6. The molecule has 0 radical (unpaired) electrons. The van der Waals surface area contributed by atoms with Crippen molar-refractivity contribution in [1.82, 2.24) is 0 Å². The lowest BCUT2D eigenvalue weighted by Gasteiger charge is -2.12. The highest BCUT2D eigenvalue weighted by atomic mass is 19.4. The van der Waals surface area contributed by atoms with Crippen molar-refractivity contribution in [3.63, 3.8) is 0 Å². The van der Waals surface area contributed by atoms with E-state index in [2.05, 4.69) is 0 Å². The number of hydrogen-bond donors (Lipinski definition) is 1. The Hall–Kier alpha value is -2.55. The van der Waals surface area contributed by atoms with Gasteiger partial charge in [-0.05, 0) is 31.2 Å². The Morgan fingerprint density at radius 3 is 1.89 bits per heavy atom. The van der Waals surface area contributed by atoms with Crippen molar-refractivity contribution in [2.75, 3.05) is 6.61 Å². The Balaban J connectivity index is 0.000000289. The summed E-state index contributed by atoms with van der Waals surface area (Å²) < 4.78 is 78.5. The largest absolute Gasteiger partial charge is 0.494 e. The molecule has 148 valence electrons. The Labute approximate surface area is 151 Å². The van der Waals surface area contributed by atoms with Crippen molar-refractivity contribution >= 4 is 6.29 Å². The first kappa shape index (κ1) is 22.5. The van der Waals surface area contributed by atoms with E-state index >= 15 is 0 Å². The highest BCUT2D eigenvalue weighted by molar-refractivity contribution is 5.75. The van der Waals surface area contributed by atoms with Gasteiger partial charge in [-0.15, -0.1) is 0 Å². The maximum absolute atomic E-state index is 12.2. The summed E-state index contributed by atoms with van der Waals surface area (Å²) in [5, 5.41) is 0. The number of rotatable bonds is 4. The fourth-order valence-electron chi connectivity index (χ4n) is 2.02. The van der Waals surface area contributed by atoms with Crippen LogP contribution in [0.3, 0.4) is 0 Å². The van der Waals surface area contributed by atoms with Crippen LogP contribution < -0.4 is 10.5 Å². The standard InChI is InChI=1S/C9H4F6O.C9H13NO/c10-8(11,12)6-1-5(4-16)2-7(3-6)9(13,14)15;1-2-11-9-6-4-3-5-8(9)7-10/h1-4H;3-6H,2,7,10H2,1H3. The van der Waals surface area contributed by atoms with Gasteiger partial charge in [0.2, 0.25) is 0 Å². The maximum atomic E-state index is 12.2. The molecule has 0 unspecified atom stereocenters. The first-order valence-electron chi connectivity index (χ1n) is 7.68. The third-order valence-electron chi connectivity index (χ3n) is 3.24. The third-order valence-corrected chi connectivity index (χ3v) is 3.24. The lowest BCUT2D eigenvalue weighted by molar-refractivity contribution is -0.143. The summed E-state index contributed by atoms with van der Waals surface area (Å²) in [6.45, 7) is 3.19. The first-order chi connectivity index (χ1) is 12.5. The molecule has 2 aromatic rings. The predicted molar refractivity (Wildman–Crippen MR) is 87.3 cm³/mol. The molecule has 9 heteroatoms. The number of halogens is 6. The minimum atomic E-state index is -4.92. The normalized spacial score (nSPS) is 11.4. The Kier molecular flexibility index (Phi) is 7.83. The molecule has 0 aromatic heterocycles. The number of aldehydes is 1. The topological polar surface area (TPSA) is 52.3 Å². The van der Waals surface area contributed by atoms with Crippen LogP contribution in [0.2, 0.25) is 0 Å². The summed E-state index contributed by atoms with van der Waals surface area (Å²) in [7, 11) is 0. The highest BCUT2D eigenvalue weighted by Crippen LogP contribution is 2.35. The molecular formula is C18H17F6NO2. The molecule has 0 atom stereocenters. The van der Waals surface area contributed by atoms with Crippen molar-refractivity contribution in [2.45, 2.75) is 25.8 Å². The van der Waals surface area contributed by atoms with E-state index in [0.29, 0.717) is 25.3 Å². The van der Waals surface area contributed by atoms with Gasteiger partial charge in [0.05, 0.1) is 17.7 Å². The van der Waals surface area contributed by atoms with Gasteiger partial charge in [0.25, 0.3) is 0 Å². The number of ether oxygens (including phenoxy) is 1. The van der Waals surface area contributed by atoms with Gasteiger partial charge in [0.1, 0.15) is 12.0 Å². The van der Waals surface area contributed by atoms with Gasteiger partial charge in [-0.25, -0.2) is 0 Å². The molecule has 0 saturated heterocycles. The van der Waals surface area contributed by atoms with Gasteiger partial charge in [-0.3, -0.25) is 4.79 Å². The molecule has 0 bridgehead atoms. The van der Waals surface area contributed by atoms with Gasteiger partial charge in [0.15, 0.2) is 0 Å². The number of benzene rings is 2. The number of hydrogen-bond acceptors (Lipinski definition) is 3. The fourth-order valence-corrected chi connectivity index (χ4v) is 2.02. The van der Waals surface area contributed by atoms with E-state index in [1.807, 2.05) is 31.2 Å². The lowest BCUT2D eigenvalue weighted by atomic mass is 10.1. The van der Waals surface area contributed by atoms with Crippen LogP contribution in [0.1, 0.15) is 34.0 Å². The summed E-state index contributed by atoms with van der Waals surface area (Å²) in [5.74, 6) is 0.900. The minimum absolute atomic E-state index is 0.0347. The van der Waals surface area contributed by atoms with E-state index in [9.17, 15) is 31.1 Å². The summed E-state index contributed by atoms with van der Waals surface area (Å²) >= 11 is 0. The Bertz CT molecular complexity index is 724. The van der Waals surface area contributed by atoms with E-state index in [-0.39, 0.29) is 12.4 Å². The zero-order valence-electron chi connectivity index (χ0n) is 14.2. The summed E-state index contributed by atoms with van der Waals surface area (Å²) in [6.07, 6.45) is -9.90. The average Bonchev–Trinajstić information content (AvgIpc) is 2.61. The number of carbonyl (C=O) groups excluding carboxylic acids is 1. The van der Waals surface area contributed by atoms with Gasteiger partial charge in [-0.1, -0.05) is 18.2 Å². The lowest BCUT2D eigenvalue weighted by Crippen LogP contribution is -2.11. The van der Waals surface area contributed by atoms with Crippen LogP contribution in [0.25, 0.3) is 0 Å². The molecule has 2 N–H and O–H groups in total. The van der Waals surface area contributed by atoms with E-state index < -0.39 is 29.0 Å². The SMILES string of the molecule is CCOc1ccccc1CN.O=Cc1cc(C(F)(F)F)cc(C(F)(F)F)c1. The monoisotopic (exact) mass is 393 g/mol. The molecule has 0 aliphatic carbocycles. The summed E-state index contributed by atoms with van der Waals surface area (Å²) in [6, 6.07) is 8.52. The Morgan fingerprint density at radius 1 is 0.963 bits per heavy atom. The maximum Gasteiger partial charge on any atom is 0.416 e. The Morgan fingerprint density at radius 2 is 1.48 bits per heavy atom. The smallest absolute Gasteiger partial charge is 0.416 e. The van der Waals surface area contributed by atoms with E-state index in [4.69, 9.17) is 10.5 Å². The average molecular weight is 393 g/mol. The van der Waals surface area contributed by atoms with Crippen molar-refractivity contribution in [2.24, 2.45) is 5.73 Å². The molecule has 0 saturated carbocycles. The van der Waals surface area contributed by atoms with Crippen LogP contribution in [0.5, 0.6) is 5.75 Å². The van der Waals surface area contributed by atoms with Gasteiger partial charge >= 0.3 is 12.4 Å². The molecule has 0 aliphatic heterocycles. The third kappa shape index (κ3) is 6.93. The van der Waals surface area contributed by atoms with Crippen LogP contribution in [-0.4, -0.2) is 12.9 Å². The molecular weight excluding hydrogens is 376 g/mol. The van der Waals surface area contributed by atoms with Crippen LogP contribution >= 0.6 is 0 Å². The number of para-hydroxylation sites is 1. The predicted octanol–water partition coefficient (Wildman–Crippen LogP) is 5.08. The quantitative estimate of drug-likeness (QED) is 0.582. The number of nitrogens with two attached hydrogens (primary N) is 1. The zero-order valence-corrected chi connectivity index (χ0v) is 14.2. The number of carbonyl (C=O) groups is 1. The second-order valence-corrected chi connectivity index (χ2v) is 5.20. The van der Waals surface area contributed by atoms with Gasteiger partial charge < -0.3 is 10.5 Å². The molecule has 2 rings (SSSR count). The highest BCUT2D eigenvalue weighted by Gasteiger charge is 2.36. The molecule has 27 heavy (non-hydrogen) atoms. The molecule has 0 fully saturated rings. The van der Waals surface area contributed by atoms with Crippen molar-refractivity contribution < 1.29 is 35.9 Å².